The van der Waals surface area contributed by atoms with Crippen molar-refractivity contribution in [2.75, 3.05) is 11.9 Å². The highest BCUT2D eigenvalue weighted by Gasteiger charge is 2.30. The maximum Gasteiger partial charge on any atom is 0.416 e. The Kier molecular flexibility index (Phi) is 7.37. The van der Waals surface area contributed by atoms with Crippen molar-refractivity contribution in [3.05, 3.63) is 59.7 Å². The third-order valence-corrected chi connectivity index (χ3v) is 3.42. The van der Waals surface area contributed by atoms with E-state index in [0.717, 1.165) is 18.2 Å². The van der Waals surface area contributed by atoms with Gasteiger partial charge in [-0.25, -0.2) is 5.43 Å². The Balaban J connectivity index is 1.89. The molecule has 2 aromatic rings. The lowest BCUT2D eigenvalue weighted by Gasteiger charge is -2.09. The number of amides is 2. The number of benzene rings is 2. The van der Waals surface area contributed by atoms with Gasteiger partial charge in [-0.3, -0.25) is 9.59 Å². The minimum absolute atomic E-state index is 0.0624. The van der Waals surface area contributed by atoms with E-state index in [4.69, 9.17) is 11.2 Å². The fourth-order valence-corrected chi connectivity index (χ4v) is 2.18. The number of ether oxygens (including phenoxy) is 1. The van der Waals surface area contributed by atoms with Crippen LogP contribution in [0.2, 0.25) is 0 Å². The van der Waals surface area contributed by atoms with Gasteiger partial charge in [-0.2, -0.15) is 18.3 Å². The lowest BCUT2D eigenvalue weighted by atomic mass is 10.2. The predicted octanol–water partition coefficient (Wildman–Crippen LogP) is 3.20. The molecule has 0 aliphatic rings. The molecule has 0 atom stereocenters. The summed E-state index contributed by atoms with van der Waals surface area (Å²) in [4.78, 5) is 23.6. The topological polar surface area (TPSA) is 79.8 Å². The van der Waals surface area contributed by atoms with Crippen molar-refractivity contribution in [2.24, 2.45) is 5.10 Å². The van der Waals surface area contributed by atoms with Crippen LogP contribution in [0.15, 0.2) is 53.6 Å². The molecule has 6 nitrogen and oxygen atoms in total. The Morgan fingerprint density at radius 1 is 1.14 bits per heavy atom. The van der Waals surface area contributed by atoms with E-state index in [1.54, 1.807) is 24.3 Å². The first-order valence-corrected chi connectivity index (χ1v) is 8.24. The molecular weight excluding hydrogens is 387 g/mol. The Labute approximate surface area is 164 Å². The van der Waals surface area contributed by atoms with Gasteiger partial charge < -0.3 is 10.1 Å². The van der Waals surface area contributed by atoms with Gasteiger partial charge in [0.1, 0.15) is 18.8 Å². The molecule has 2 rings (SSSR count). The number of terminal acetylenes is 1. The Bertz CT molecular complexity index is 950. The molecular formula is C20H16F3N3O3. The Morgan fingerprint density at radius 3 is 2.62 bits per heavy atom. The van der Waals surface area contributed by atoms with Crippen LogP contribution in [0, 0.1) is 12.3 Å². The van der Waals surface area contributed by atoms with Gasteiger partial charge >= 0.3 is 6.18 Å². The quantitative estimate of drug-likeness (QED) is 0.323. The molecule has 0 saturated heterocycles. The zero-order valence-corrected chi connectivity index (χ0v) is 15.0. The summed E-state index contributed by atoms with van der Waals surface area (Å²) in [6.45, 7) is 0.0624. The third kappa shape index (κ3) is 7.03. The lowest BCUT2D eigenvalue weighted by Crippen LogP contribution is -2.24. The summed E-state index contributed by atoms with van der Waals surface area (Å²) in [5, 5.41) is 5.97. The monoisotopic (exact) mass is 403 g/mol. The third-order valence-electron chi connectivity index (χ3n) is 3.42. The summed E-state index contributed by atoms with van der Waals surface area (Å²) in [5.41, 5.74) is 1.74. The molecule has 0 bridgehead atoms. The van der Waals surface area contributed by atoms with Crippen molar-refractivity contribution in [3.8, 4) is 18.1 Å². The van der Waals surface area contributed by atoms with Crippen molar-refractivity contribution in [1.82, 2.24) is 5.43 Å². The summed E-state index contributed by atoms with van der Waals surface area (Å²) in [5.74, 6) is 1.27. The van der Waals surface area contributed by atoms with Crippen LogP contribution in [-0.4, -0.2) is 24.6 Å². The van der Waals surface area contributed by atoms with Gasteiger partial charge in [-0.1, -0.05) is 24.1 Å². The molecule has 150 valence electrons. The van der Waals surface area contributed by atoms with E-state index < -0.39 is 30.0 Å². The highest BCUT2D eigenvalue weighted by molar-refractivity contribution is 6.03. The summed E-state index contributed by atoms with van der Waals surface area (Å²) < 4.78 is 43.4. The number of hydrazone groups is 1. The molecule has 0 fully saturated rings. The minimum atomic E-state index is -4.53. The second kappa shape index (κ2) is 9.94. The molecule has 0 radical (unpaired) electrons. The van der Waals surface area contributed by atoms with Gasteiger partial charge in [0.2, 0.25) is 11.8 Å². The normalized spacial score (nSPS) is 11.0. The fraction of sp³-hybridized carbons (Fsp3) is 0.150. The van der Waals surface area contributed by atoms with Gasteiger partial charge in [0.05, 0.1) is 11.8 Å². The molecule has 0 heterocycles. The van der Waals surface area contributed by atoms with Crippen molar-refractivity contribution < 1.29 is 27.5 Å². The average molecular weight is 403 g/mol. The Morgan fingerprint density at radius 2 is 1.90 bits per heavy atom. The SMILES string of the molecule is C#CCOc1ccccc1C=NNC(=O)CC(=O)Nc1cccc(C(F)(F)F)c1. The molecule has 2 amide bonds. The predicted molar refractivity (Wildman–Crippen MR) is 101 cm³/mol. The van der Waals surface area contributed by atoms with E-state index in [2.05, 4.69) is 21.8 Å². The number of rotatable bonds is 7. The van der Waals surface area contributed by atoms with E-state index in [0.29, 0.717) is 11.3 Å². The summed E-state index contributed by atoms with van der Waals surface area (Å²) in [6, 6.07) is 10.9. The first-order valence-electron chi connectivity index (χ1n) is 8.24. The number of halogens is 3. The van der Waals surface area contributed by atoms with Crippen LogP contribution in [0.4, 0.5) is 18.9 Å². The number of para-hydroxylation sites is 1. The zero-order valence-electron chi connectivity index (χ0n) is 15.0. The van der Waals surface area contributed by atoms with E-state index in [-0.39, 0.29) is 12.3 Å². The first kappa shape index (κ1) is 21.5. The smallest absolute Gasteiger partial charge is 0.416 e. The van der Waals surface area contributed by atoms with E-state index in [9.17, 15) is 22.8 Å². The molecule has 9 heteroatoms. The second-order valence-corrected chi connectivity index (χ2v) is 5.63. The molecule has 0 aliphatic heterocycles. The van der Waals surface area contributed by atoms with E-state index in [1.807, 2.05) is 0 Å². The van der Waals surface area contributed by atoms with Crippen molar-refractivity contribution in [2.45, 2.75) is 12.6 Å². The van der Waals surface area contributed by atoms with Crippen LogP contribution in [0.5, 0.6) is 5.75 Å². The molecule has 2 aromatic carbocycles. The maximum atomic E-state index is 12.7. The number of nitrogens with zero attached hydrogens (tertiary/aromatic N) is 1. The molecule has 2 N–H and O–H groups in total. The van der Waals surface area contributed by atoms with Crippen LogP contribution >= 0.6 is 0 Å². The number of hydrogen-bond acceptors (Lipinski definition) is 4. The highest BCUT2D eigenvalue weighted by Crippen LogP contribution is 2.30. The summed E-state index contributed by atoms with van der Waals surface area (Å²) in [6.07, 6.45) is 1.30. The van der Waals surface area contributed by atoms with Crippen LogP contribution < -0.4 is 15.5 Å². The molecule has 0 spiro atoms. The number of anilines is 1. The lowest BCUT2D eigenvalue weighted by molar-refractivity contribution is -0.137. The van der Waals surface area contributed by atoms with E-state index in [1.165, 1.54) is 12.3 Å². The van der Waals surface area contributed by atoms with Crippen LogP contribution in [-0.2, 0) is 15.8 Å². The van der Waals surface area contributed by atoms with Gasteiger partial charge in [-0.05, 0) is 30.3 Å². The van der Waals surface area contributed by atoms with Crippen LogP contribution in [0.3, 0.4) is 0 Å². The molecule has 0 unspecified atom stereocenters. The highest BCUT2D eigenvalue weighted by atomic mass is 19.4. The van der Waals surface area contributed by atoms with Crippen LogP contribution in [0.1, 0.15) is 17.5 Å². The van der Waals surface area contributed by atoms with Crippen LogP contribution in [0.25, 0.3) is 0 Å². The van der Waals surface area contributed by atoms with Gasteiger partial charge in [0.15, 0.2) is 0 Å². The molecule has 29 heavy (non-hydrogen) atoms. The van der Waals surface area contributed by atoms with E-state index >= 15 is 0 Å². The summed E-state index contributed by atoms with van der Waals surface area (Å²) >= 11 is 0. The van der Waals surface area contributed by atoms with Gasteiger partial charge in [0, 0.05) is 11.3 Å². The molecule has 0 saturated carbocycles. The zero-order chi connectivity index (χ0) is 21.3. The number of hydrogen-bond donors (Lipinski definition) is 2. The largest absolute Gasteiger partial charge is 0.480 e. The van der Waals surface area contributed by atoms with Crippen molar-refractivity contribution in [3.63, 3.8) is 0 Å². The van der Waals surface area contributed by atoms with Gasteiger partial charge in [-0.15, -0.1) is 6.42 Å². The summed E-state index contributed by atoms with van der Waals surface area (Å²) in [7, 11) is 0. The van der Waals surface area contributed by atoms with Crippen molar-refractivity contribution >= 4 is 23.7 Å². The number of carbonyl (C=O) groups excluding carboxylic acids is 2. The minimum Gasteiger partial charge on any atom is -0.480 e. The standard InChI is InChI=1S/C20H16F3N3O3/c1-2-10-29-17-9-4-3-6-14(17)13-24-26-19(28)12-18(27)25-16-8-5-7-15(11-16)20(21,22)23/h1,3-9,11,13H,10,12H2,(H,25,27)(H,26,28). The number of alkyl halides is 3. The maximum absolute atomic E-state index is 12.7. The second-order valence-electron chi connectivity index (χ2n) is 5.63. The van der Waals surface area contributed by atoms with Crippen molar-refractivity contribution in [1.29, 1.82) is 0 Å². The number of nitrogens with one attached hydrogen (secondary N) is 2. The molecule has 0 aromatic heterocycles. The van der Waals surface area contributed by atoms with Gasteiger partial charge in [0.25, 0.3) is 0 Å². The first-order chi connectivity index (χ1) is 13.8. The molecule has 0 aliphatic carbocycles. The Hall–Kier alpha value is -3.80. The fourth-order valence-electron chi connectivity index (χ4n) is 2.18. The average Bonchev–Trinajstić information content (AvgIpc) is 2.66. The number of carbonyl (C=O) groups is 2.